The molecule has 0 spiro atoms. The lowest BCUT2D eigenvalue weighted by molar-refractivity contribution is -0.0310. The zero-order valence-corrected chi connectivity index (χ0v) is 19.6. The number of nitrogens with zero attached hydrogens (tertiary/aromatic N) is 3. The van der Waals surface area contributed by atoms with Gasteiger partial charge in [-0.15, -0.1) is 0 Å². The Bertz CT molecular complexity index is 1370. The van der Waals surface area contributed by atoms with Gasteiger partial charge >= 0.3 is 6.09 Å². The largest absolute Gasteiger partial charge is 0.453 e. The smallest absolute Gasteiger partial charge is 0.409 e. The van der Waals surface area contributed by atoms with E-state index in [9.17, 15) is 17.6 Å². The van der Waals surface area contributed by atoms with Gasteiger partial charge in [0.2, 0.25) is 0 Å². The zero-order chi connectivity index (χ0) is 24.8. The van der Waals surface area contributed by atoms with Crippen molar-refractivity contribution in [3.8, 4) is 11.4 Å². The van der Waals surface area contributed by atoms with Crippen LogP contribution in [0.15, 0.2) is 29.2 Å². The van der Waals surface area contributed by atoms with Crippen molar-refractivity contribution in [2.24, 2.45) is 0 Å². The van der Waals surface area contributed by atoms with Gasteiger partial charge in [0.15, 0.2) is 9.84 Å². The number of rotatable bonds is 4. The van der Waals surface area contributed by atoms with Gasteiger partial charge in [-0.3, -0.25) is 0 Å². The average molecular weight is 518 g/mol. The first kappa shape index (κ1) is 24.3. The fourth-order valence-corrected chi connectivity index (χ4v) is 4.59. The van der Waals surface area contributed by atoms with Crippen LogP contribution in [0, 0.1) is 17.5 Å². The Labute approximate surface area is 197 Å². The lowest BCUT2D eigenvalue weighted by Crippen LogP contribution is -2.47. The van der Waals surface area contributed by atoms with Gasteiger partial charge in [0, 0.05) is 18.9 Å². The van der Waals surface area contributed by atoms with Gasteiger partial charge in [-0.2, -0.15) is 0 Å². The molecule has 1 aliphatic heterocycles. The molecule has 2 heterocycles. The first-order chi connectivity index (χ1) is 16.0. The highest BCUT2D eigenvalue weighted by atomic mass is 35.5. The molecule has 0 bridgehead atoms. The molecule has 8 nitrogen and oxygen atoms in total. The number of carbonyl (C=O) groups excluding carboxylic acids is 1. The Kier molecular flexibility index (Phi) is 6.49. The standard InChI is InChI=1S/C21H19ClF3N3O5S/c1-32-21(29)27-3-4-33-11(9-27)10-28-18-8-14(23)13(22)7-17(18)26-20(28)19-15(24)5-12(6-16(19)25)34(2,30)31/h5-8,11H,3-4,9-10H2,1-2H3/t11-/m1/s1. The number of carbonyl (C=O) groups is 1. The highest BCUT2D eigenvalue weighted by molar-refractivity contribution is 7.90. The predicted octanol–water partition coefficient (Wildman–Crippen LogP) is 3.64. The van der Waals surface area contributed by atoms with Crippen molar-refractivity contribution in [2.75, 3.05) is 33.1 Å². The molecule has 0 aliphatic carbocycles. The van der Waals surface area contributed by atoms with Crippen molar-refractivity contribution in [2.45, 2.75) is 17.5 Å². The topological polar surface area (TPSA) is 90.7 Å². The molecule has 0 N–H and O–H groups in total. The van der Waals surface area contributed by atoms with Gasteiger partial charge < -0.3 is 18.9 Å². The third-order valence-electron chi connectivity index (χ3n) is 5.42. The van der Waals surface area contributed by atoms with Crippen molar-refractivity contribution in [1.29, 1.82) is 0 Å². The quantitative estimate of drug-likeness (QED) is 0.525. The Balaban J connectivity index is 1.85. The molecule has 4 rings (SSSR count). The number of methoxy groups -OCH3 is 1. The number of ether oxygens (including phenoxy) is 2. The van der Waals surface area contributed by atoms with Crippen LogP contribution in [-0.4, -0.2) is 68.1 Å². The van der Waals surface area contributed by atoms with Crippen LogP contribution in [0.25, 0.3) is 22.4 Å². The fourth-order valence-electron chi connectivity index (χ4n) is 3.80. The Morgan fingerprint density at radius 2 is 1.88 bits per heavy atom. The number of fused-ring (bicyclic) bond motifs is 1. The van der Waals surface area contributed by atoms with Gasteiger partial charge in [-0.05, 0) is 18.2 Å². The molecule has 1 aliphatic rings. The molecule has 34 heavy (non-hydrogen) atoms. The summed E-state index contributed by atoms with van der Waals surface area (Å²) in [5.74, 6) is -3.31. The molecule has 0 radical (unpaired) electrons. The number of hydrogen-bond donors (Lipinski definition) is 0. The lowest BCUT2D eigenvalue weighted by atomic mass is 10.1. The first-order valence-electron chi connectivity index (χ1n) is 9.99. The number of morpholine rings is 1. The van der Waals surface area contributed by atoms with E-state index in [1.54, 1.807) is 0 Å². The molecule has 182 valence electrons. The van der Waals surface area contributed by atoms with Crippen LogP contribution in [0.2, 0.25) is 5.02 Å². The van der Waals surface area contributed by atoms with Crippen LogP contribution in [0.5, 0.6) is 0 Å². The normalized spacial score (nSPS) is 16.8. The van der Waals surface area contributed by atoms with Crippen molar-refractivity contribution in [3.05, 3.63) is 46.7 Å². The maximum Gasteiger partial charge on any atom is 0.409 e. The van der Waals surface area contributed by atoms with E-state index < -0.39 is 49.9 Å². The molecular formula is C21H19ClF3N3O5S. The molecule has 2 aromatic carbocycles. The Morgan fingerprint density at radius 3 is 2.50 bits per heavy atom. The number of aromatic nitrogens is 2. The highest BCUT2D eigenvalue weighted by Gasteiger charge is 2.29. The molecule has 0 saturated carbocycles. The molecular weight excluding hydrogens is 499 g/mol. The molecule has 13 heteroatoms. The molecule has 1 atom stereocenters. The van der Waals surface area contributed by atoms with Gasteiger partial charge in [0.05, 0.1) is 59.4 Å². The summed E-state index contributed by atoms with van der Waals surface area (Å²) >= 11 is 5.87. The van der Waals surface area contributed by atoms with Gasteiger partial charge in [-0.1, -0.05) is 11.6 Å². The minimum atomic E-state index is -3.88. The van der Waals surface area contributed by atoms with Crippen LogP contribution >= 0.6 is 11.6 Å². The number of halogens is 4. The van der Waals surface area contributed by atoms with Crippen LogP contribution in [0.4, 0.5) is 18.0 Å². The summed E-state index contributed by atoms with van der Waals surface area (Å²) in [6.45, 7) is 0.543. The highest BCUT2D eigenvalue weighted by Crippen LogP contribution is 2.33. The summed E-state index contributed by atoms with van der Waals surface area (Å²) in [6.07, 6.45) is -0.367. The van der Waals surface area contributed by atoms with E-state index in [1.807, 2.05) is 0 Å². The van der Waals surface area contributed by atoms with Crippen molar-refractivity contribution in [3.63, 3.8) is 0 Å². The summed E-state index contributed by atoms with van der Waals surface area (Å²) in [5.41, 5.74) is -0.254. The van der Waals surface area contributed by atoms with Crippen LogP contribution in [0.1, 0.15) is 0 Å². The minimum absolute atomic E-state index is 0.0485. The summed E-state index contributed by atoms with van der Waals surface area (Å²) < 4.78 is 79.7. The molecule has 3 aromatic rings. The van der Waals surface area contributed by atoms with E-state index in [4.69, 9.17) is 21.1 Å². The molecule has 1 fully saturated rings. The SMILES string of the molecule is COC(=O)N1CCO[C@@H](Cn2c(-c3c(F)cc(S(C)(=O)=O)cc3F)nc3cc(Cl)c(F)cc32)C1. The van der Waals surface area contributed by atoms with Gasteiger partial charge in [0.1, 0.15) is 23.3 Å². The van der Waals surface area contributed by atoms with Crippen LogP contribution in [0.3, 0.4) is 0 Å². The van der Waals surface area contributed by atoms with E-state index in [2.05, 4.69) is 4.98 Å². The van der Waals surface area contributed by atoms with Crippen LogP contribution < -0.4 is 0 Å². The van der Waals surface area contributed by atoms with Crippen molar-refractivity contribution < 1.29 is 35.9 Å². The van der Waals surface area contributed by atoms with Crippen LogP contribution in [-0.2, 0) is 25.9 Å². The second-order valence-corrected chi connectivity index (χ2v) is 10.2. The number of imidazole rings is 1. The Hall–Kier alpha value is -2.83. The molecule has 1 amide bonds. The summed E-state index contributed by atoms with van der Waals surface area (Å²) in [5, 5.41) is -0.233. The maximum atomic E-state index is 15.0. The van der Waals surface area contributed by atoms with E-state index >= 15 is 8.78 Å². The van der Waals surface area contributed by atoms with Gasteiger partial charge in [0.25, 0.3) is 0 Å². The third kappa shape index (κ3) is 4.57. The average Bonchev–Trinajstić information content (AvgIpc) is 3.09. The number of hydrogen-bond acceptors (Lipinski definition) is 6. The predicted molar refractivity (Wildman–Crippen MR) is 117 cm³/mol. The second kappa shape index (κ2) is 9.08. The monoisotopic (exact) mass is 517 g/mol. The molecule has 0 unspecified atom stereocenters. The number of benzene rings is 2. The Morgan fingerprint density at radius 1 is 1.21 bits per heavy atom. The zero-order valence-electron chi connectivity index (χ0n) is 18.0. The first-order valence-corrected chi connectivity index (χ1v) is 12.3. The second-order valence-electron chi connectivity index (χ2n) is 7.74. The number of sulfone groups is 1. The van der Waals surface area contributed by atoms with E-state index in [1.165, 1.54) is 22.6 Å². The van der Waals surface area contributed by atoms with E-state index in [0.717, 1.165) is 12.3 Å². The lowest BCUT2D eigenvalue weighted by Gasteiger charge is -2.32. The molecule has 1 aromatic heterocycles. The third-order valence-corrected chi connectivity index (χ3v) is 6.80. The maximum absolute atomic E-state index is 15.0. The van der Waals surface area contributed by atoms with Crippen molar-refractivity contribution >= 4 is 38.6 Å². The summed E-state index contributed by atoms with van der Waals surface area (Å²) in [6, 6.07) is 3.69. The van der Waals surface area contributed by atoms with Gasteiger partial charge in [-0.25, -0.2) is 31.4 Å². The van der Waals surface area contributed by atoms with E-state index in [0.29, 0.717) is 18.7 Å². The summed E-state index contributed by atoms with van der Waals surface area (Å²) in [4.78, 5) is 17.0. The van der Waals surface area contributed by atoms with Crippen molar-refractivity contribution in [1.82, 2.24) is 14.5 Å². The molecule has 1 saturated heterocycles. The minimum Gasteiger partial charge on any atom is -0.453 e. The van der Waals surface area contributed by atoms with E-state index in [-0.39, 0.29) is 41.6 Å². The summed E-state index contributed by atoms with van der Waals surface area (Å²) in [7, 11) is -2.63. The number of amides is 1. The fraction of sp³-hybridized carbons (Fsp3) is 0.333.